The molecule has 0 saturated heterocycles. The lowest BCUT2D eigenvalue weighted by molar-refractivity contribution is -0.139. The molecule has 0 radical (unpaired) electrons. The molecule has 6 heteroatoms. The maximum absolute atomic E-state index is 12.0. The van der Waals surface area contributed by atoms with Crippen molar-refractivity contribution in [1.29, 1.82) is 0 Å². The van der Waals surface area contributed by atoms with E-state index in [1.807, 2.05) is 18.2 Å². The summed E-state index contributed by atoms with van der Waals surface area (Å²) >= 11 is 0. The normalized spacial score (nSPS) is 14.0. The van der Waals surface area contributed by atoms with Crippen molar-refractivity contribution in [3.05, 3.63) is 23.8 Å². The predicted molar refractivity (Wildman–Crippen MR) is 84.5 cm³/mol. The number of hydrogen-bond donors (Lipinski definition) is 2. The van der Waals surface area contributed by atoms with E-state index in [4.69, 9.17) is 14.6 Å². The van der Waals surface area contributed by atoms with Crippen LogP contribution in [0.15, 0.2) is 18.2 Å². The van der Waals surface area contributed by atoms with Crippen molar-refractivity contribution in [3.8, 4) is 11.5 Å². The Morgan fingerprint density at radius 2 is 1.87 bits per heavy atom. The number of nitrogens with one attached hydrogen (secondary N) is 1. The van der Waals surface area contributed by atoms with Gasteiger partial charge in [-0.25, -0.2) is 0 Å². The molecule has 0 unspecified atom stereocenters. The first-order valence-electron chi connectivity index (χ1n) is 7.73. The van der Waals surface area contributed by atoms with Gasteiger partial charge in [0.25, 0.3) is 0 Å². The highest BCUT2D eigenvalue weighted by Crippen LogP contribution is 2.30. The van der Waals surface area contributed by atoms with Crippen LogP contribution in [0.3, 0.4) is 0 Å². The zero-order valence-electron chi connectivity index (χ0n) is 13.6. The van der Waals surface area contributed by atoms with Gasteiger partial charge in [0.15, 0.2) is 11.5 Å². The van der Waals surface area contributed by atoms with Crippen molar-refractivity contribution in [1.82, 2.24) is 5.32 Å². The molecule has 1 aromatic carbocycles. The Kier molecular flexibility index (Phi) is 5.47. The van der Waals surface area contributed by atoms with Gasteiger partial charge in [0.1, 0.15) is 0 Å². The van der Waals surface area contributed by atoms with E-state index in [1.165, 1.54) is 0 Å². The fourth-order valence-corrected chi connectivity index (χ4v) is 2.49. The number of fused-ring (bicyclic) bond motifs is 1. The minimum atomic E-state index is -0.897. The highest BCUT2D eigenvalue weighted by atomic mass is 16.5. The maximum Gasteiger partial charge on any atom is 0.303 e. The van der Waals surface area contributed by atoms with E-state index >= 15 is 0 Å². The standard InChI is InChI=1S/C17H23NO5/c1-17(2,10-16(20)21)9-15(19)18-11-12-4-5-13-14(8-12)23-7-3-6-22-13/h4-5,8H,3,6-7,9-11H2,1-2H3,(H,18,19)(H,20,21). The lowest BCUT2D eigenvalue weighted by Gasteiger charge is -2.21. The van der Waals surface area contributed by atoms with E-state index in [0.29, 0.717) is 25.5 Å². The average Bonchev–Trinajstić information content (AvgIpc) is 2.67. The van der Waals surface area contributed by atoms with Crippen LogP contribution in [0.4, 0.5) is 0 Å². The molecular weight excluding hydrogens is 298 g/mol. The van der Waals surface area contributed by atoms with Crippen molar-refractivity contribution in [2.24, 2.45) is 5.41 Å². The summed E-state index contributed by atoms with van der Waals surface area (Å²) in [5.41, 5.74) is 0.347. The number of carboxylic acids is 1. The first-order chi connectivity index (χ1) is 10.9. The molecule has 126 valence electrons. The minimum Gasteiger partial charge on any atom is -0.490 e. The molecule has 0 bridgehead atoms. The third-order valence-electron chi connectivity index (χ3n) is 3.57. The van der Waals surface area contributed by atoms with Crippen molar-refractivity contribution >= 4 is 11.9 Å². The van der Waals surface area contributed by atoms with Crippen LogP contribution >= 0.6 is 0 Å². The third-order valence-corrected chi connectivity index (χ3v) is 3.57. The van der Waals surface area contributed by atoms with E-state index in [0.717, 1.165) is 17.7 Å². The summed E-state index contributed by atoms with van der Waals surface area (Å²) in [5.74, 6) is 0.356. The molecule has 1 aromatic rings. The van der Waals surface area contributed by atoms with Crippen LogP contribution in [-0.4, -0.2) is 30.2 Å². The number of carbonyl (C=O) groups excluding carboxylic acids is 1. The van der Waals surface area contributed by atoms with Gasteiger partial charge in [0, 0.05) is 19.4 Å². The van der Waals surface area contributed by atoms with Crippen LogP contribution in [-0.2, 0) is 16.1 Å². The average molecular weight is 321 g/mol. The number of carboxylic acid groups (broad SMARTS) is 1. The van der Waals surface area contributed by atoms with Crippen LogP contribution in [0.5, 0.6) is 11.5 Å². The Hall–Kier alpha value is -2.24. The molecule has 0 aromatic heterocycles. The van der Waals surface area contributed by atoms with E-state index in [1.54, 1.807) is 13.8 Å². The highest BCUT2D eigenvalue weighted by Gasteiger charge is 2.25. The van der Waals surface area contributed by atoms with Crippen molar-refractivity contribution in [2.45, 2.75) is 39.7 Å². The summed E-state index contributed by atoms with van der Waals surface area (Å²) in [5, 5.41) is 11.7. The SMILES string of the molecule is CC(C)(CC(=O)O)CC(=O)NCc1ccc2c(c1)OCCCO2. The number of rotatable bonds is 6. The lowest BCUT2D eigenvalue weighted by Crippen LogP contribution is -2.29. The number of benzene rings is 1. The minimum absolute atomic E-state index is 0.0373. The van der Waals surface area contributed by atoms with Crippen LogP contribution in [0.25, 0.3) is 0 Å². The second kappa shape index (κ2) is 7.35. The molecule has 1 aliphatic rings. The summed E-state index contributed by atoms with van der Waals surface area (Å²) in [6.07, 6.45) is 0.980. The van der Waals surface area contributed by atoms with Gasteiger partial charge in [-0.1, -0.05) is 19.9 Å². The fourth-order valence-electron chi connectivity index (χ4n) is 2.49. The van der Waals surface area contributed by atoms with E-state index in [9.17, 15) is 9.59 Å². The summed E-state index contributed by atoms with van der Waals surface area (Å²) in [6.45, 7) is 5.18. The highest BCUT2D eigenvalue weighted by molar-refractivity contribution is 5.77. The lowest BCUT2D eigenvalue weighted by atomic mass is 9.85. The van der Waals surface area contributed by atoms with Gasteiger partial charge in [-0.2, -0.15) is 0 Å². The van der Waals surface area contributed by atoms with Crippen LogP contribution < -0.4 is 14.8 Å². The monoisotopic (exact) mass is 321 g/mol. The molecule has 0 spiro atoms. The molecule has 0 atom stereocenters. The van der Waals surface area contributed by atoms with Crippen LogP contribution in [0.2, 0.25) is 0 Å². The fraction of sp³-hybridized carbons (Fsp3) is 0.529. The van der Waals surface area contributed by atoms with Gasteiger partial charge < -0.3 is 19.9 Å². The largest absolute Gasteiger partial charge is 0.490 e. The quantitative estimate of drug-likeness (QED) is 0.840. The number of hydrogen-bond acceptors (Lipinski definition) is 4. The smallest absolute Gasteiger partial charge is 0.303 e. The molecule has 23 heavy (non-hydrogen) atoms. The van der Waals surface area contributed by atoms with Crippen molar-refractivity contribution in [3.63, 3.8) is 0 Å². The van der Waals surface area contributed by atoms with Gasteiger partial charge >= 0.3 is 5.97 Å². The number of carbonyl (C=O) groups is 2. The summed E-state index contributed by atoms with van der Waals surface area (Å²) in [4.78, 5) is 22.8. The van der Waals surface area contributed by atoms with E-state index in [-0.39, 0.29) is 18.7 Å². The van der Waals surface area contributed by atoms with Crippen molar-refractivity contribution < 1.29 is 24.2 Å². The Balaban J connectivity index is 1.89. The summed E-state index contributed by atoms with van der Waals surface area (Å²) in [7, 11) is 0. The third kappa shape index (κ3) is 5.47. The van der Waals surface area contributed by atoms with Gasteiger partial charge in [0.05, 0.1) is 19.6 Å². The number of amides is 1. The first kappa shape index (κ1) is 17.1. The molecule has 0 fully saturated rings. The van der Waals surface area contributed by atoms with Crippen molar-refractivity contribution in [2.75, 3.05) is 13.2 Å². The number of ether oxygens (including phenoxy) is 2. The second-order valence-electron chi connectivity index (χ2n) is 6.52. The topological polar surface area (TPSA) is 84.9 Å². The zero-order valence-corrected chi connectivity index (χ0v) is 13.6. The van der Waals surface area contributed by atoms with Gasteiger partial charge in [-0.15, -0.1) is 0 Å². The molecular formula is C17H23NO5. The number of aliphatic carboxylic acids is 1. The van der Waals surface area contributed by atoms with Crippen LogP contribution in [0, 0.1) is 5.41 Å². The van der Waals surface area contributed by atoms with Crippen LogP contribution in [0.1, 0.15) is 38.7 Å². The molecule has 2 rings (SSSR count). The summed E-state index contributed by atoms with van der Waals surface area (Å²) in [6, 6.07) is 5.59. The zero-order chi connectivity index (χ0) is 16.9. The maximum atomic E-state index is 12.0. The molecule has 2 N–H and O–H groups in total. The molecule has 1 amide bonds. The molecule has 0 saturated carbocycles. The van der Waals surface area contributed by atoms with Gasteiger partial charge in [0.2, 0.25) is 5.91 Å². The molecule has 1 heterocycles. The Labute approximate surface area is 135 Å². The Bertz CT molecular complexity index is 582. The Morgan fingerprint density at radius 1 is 1.17 bits per heavy atom. The summed E-state index contributed by atoms with van der Waals surface area (Å²) < 4.78 is 11.2. The molecule has 6 nitrogen and oxygen atoms in total. The molecule has 0 aliphatic carbocycles. The second-order valence-corrected chi connectivity index (χ2v) is 6.52. The van der Waals surface area contributed by atoms with Gasteiger partial charge in [-0.3, -0.25) is 9.59 Å². The van der Waals surface area contributed by atoms with E-state index < -0.39 is 11.4 Å². The predicted octanol–water partition coefficient (Wildman–Crippen LogP) is 2.36. The van der Waals surface area contributed by atoms with Gasteiger partial charge in [-0.05, 0) is 23.1 Å². The Morgan fingerprint density at radius 3 is 2.57 bits per heavy atom. The molecule has 1 aliphatic heterocycles. The first-order valence-corrected chi connectivity index (χ1v) is 7.73. The van der Waals surface area contributed by atoms with E-state index in [2.05, 4.69) is 5.32 Å².